The number of hydrogen-bond acceptors (Lipinski definition) is 7. The van der Waals surface area contributed by atoms with Gasteiger partial charge in [-0.05, 0) is 6.42 Å². The molecule has 0 atom stereocenters. The topological polar surface area (TPSA) is 63.6 Å². The van der Waals surface area contributed by atoms with E-state index in [1.54, 1.807) is 41.3 Å². The summed E-state index contributed by atoms with van der Waals surface area (Å²) in [6.45, 7) is 2.10. The van der Waals surface area contributed by atoms with Crippen molar-refractivity contribution in [2.24, 2.45) is 0 Å². The molecule has 0 saturated heterocycles. The summed E-state index contributed by atoms with van der Waals surface area (Å²) in [6, 6.07) is 0. The van der Waals surface area contributed by atoms with Gasteiger partial charge in [-0.2, -0.15) is 0 Å². The quantitative estimate of drug-likeness (QED) is 0.801. The highest BCUT2D eigenvalue weighted by Crippen LogP contribution is 2.36. The largest absolute Gasteiger partial charge is 0.365 e. The molecule has 0 fully saturated rings. The lowest BCUT2D eigenvalue weighted by molar-refractivity contribution is 1.06. The van der Waals surface area contributed by atoms with Gasteiger partial charge in [-0.25, -0.2) is 9.97 Å². The highest BCUT2D eigenvalue weighted by atomic mass is 32.1. The van der Waals surface area contributed by atoms with E-state index in [2.05, 4.69) is 37.6 Å². The number of aromatic nitrogens is 4. The number of rotatable bonds is 4. The average molecular weight is 303 g/mol. The summed E-state index contributed by atoms with van der Waals surface area (Å²) in [5.74, 6) is 0. The Kier molecular flexibility index (Phi) is 3.70. The van der Waals surface area contributed by atoms with E-state index < -0.39 is 0 Å². The molecule has 0 aliphatic heterocycles. The summed E-state index contributed by atoms with van der Waals surface area (Å²) in [4.78, 5) is 18.7. The van der Waals surface area contributed by atoms with Crippen molar-refractivity contribution >= 4 is 27.8 Å². The molecule has 3 rings (SSSR count). The van der Waals surface area contributed by atoms with Crippen LogP contribution >= 0.6 is 22.7 Å². The van der Waals surface area contributed by atoms with Crippen LogP contribution in [-0.2, 0) is 6.42 Å². The van der Waals surface area contributed by atoms with Gasteiger partial charge < -0.3 is 5.32 Å². The third kappa shape index (κ3) is 2.41. The second-order valence-corrected chi connectivity index (χ2v) is 5.88. The molecule has 3 aromatic rings. The van der Waals surface area contributed by atoms with Crippen LogP contribution < -0.4 is 5.32 Å². The molecule has 20 heavy (non-hydrogen) atoms. The second-order valence-electron chi connectivity index (χ2n) is 4.03. The lowest BCUT2D eigenvalue weighted by Gasteiger charge is -1.94. The lowest BCUT2D eigenvalue weighted by Crippen LogP contribution is -1.88. The Balaban J connectivity index is 2.05. The zero-order valence-corrected chi connectivity index (χ0v) is 12.8. The molecule has 0 unspecified atom stereocenters. The molecule has 0 saturated carbocycles. The molecular weight excluding hydrogens is 290 g/mol. The summed E-state index contributed by atoms with van der Waals surface area (Å²) in [7, 11) is 1.88. The highest BCUT2D eigenvalue weighted by molar-refractivity contribution is 7.19. The SMILES string of the molecule is CCc1nc(-c2cnccn2)sc1-c1csc(NC)n1. The van der Waals surface area contributed by atoms with Crippen molar-refractivity contribution in [1.29, 1.82) is 0 Å². The van der Waals surface area contributed by atoms with Gasteiger partial charge >= 0.3 is 0 Å². The molecule has 0 bridgehead atoms. The van der Waals surface area contributed by atoms with E-state index in [9.17, 15) is 0 Å². The molecule has 5 nitrogen and oxygen atoms in total. The average Bonchev–Trinajstić information content (AvgIpc) is 3.14. The van der Waals surface area contributed by atoms with Crippen LogP contribution in [0.5, 0.6) is 0 Å². The summed E-state index contributed by atoms with van der Waals surface area (Å²) in [6.07, 6.45) is 5.96. The number of nitrogens with zero attached hydrogens (tertiary/aromatic N) is 4. The summed E-state index contributed by atoms with van der Waals surface area (Å²) < 4.78 is 0. The van der Waals surface area contributed by atoms with Gasteiger partial charge in [0.05, 0.1) is 22.5 Å². The monoisotopic (exact) mass is 303 g/mol. The predicted octanol–water partition coefficient (Wildman–Crippen LogP) is 3.33. The Morgan fingerprint density at radius 2 is 2.10 bits per heavy atom. The van der Waals surface area contributed by atoms with Crippen molar-refractivity contribution in [2.45, 2.75) is 13.3 Å². The Morgan fingerprint density at radius 1 is 1.20 bits per heavy atom. The van der Waals surface area contributed by atoms with Crippen LogP contribution in [0.25, 0.3) is 21.3 Å². The van der Waals surface area contributed by atoms with E-state index in [0.29, 0.717) is 0 Å². The summed E-state index contributed by atoms with van der Waals surface area (Å²) >= 11 is 3.21. The summed E-state index contributed by atoms with van der Waals surface area (Å²) in [5, 5.41) is 6.92. The van der Waals surface area contributed by atoms with Gasteiger partial charge in [-0.1, -0.05) is 6.92 Å². The van der Waals surface area contributed by atoms with Crippen molar-refractivity contribution < 1.29 is 0 Å². The maximum Gasteiger partial charge on any atom is 0.182 e. The maximum absolute atomic E-state index is 4.67. The van der Waals surface area contributed by atoms with Gasteiger partial charge in [0, 0.05) is 24.8 Å². The van der Waals surface area contributed by atoms with Crippen LogP contribution in [0.3, 0.4) is 0 Å². The minimum atomic E-state index is 0.808. The predicted molar refractivity (Wildman–Crippen MR) is 83.2 cm³/mol. The fourth-order valence-corrected chi connectivity index (χ4v) is 3.62. The van der Waals surface area contributed by atoms with Crippen molar-refractivity contribution in [2.75, 3.05) is 12.4 Å². The number of anilines is 1. The van der Waals surface area contributed by atoms with Crippen LogP contribution in [-0.4, -0.2) is 27.0 Å². The molecule has 0 spiro atoms. The molecule has 0 aliphatic carbocycles. The first kappa shape index (κ1) is 13.1. The van der Waals surface area contributed by atoms with Crippen LogP contribution in [0, 0.1) is 0 Å². The van der Waals surface area contributed by atoms with Gasteiger partial charge in [0.15, 0.2) is 5.13 Å². The van der Waals surface area contributed by atoms with Gasteiger partial charge in [0.2, 0.25) is 0 Å². The third-order valence-corrected chi connectivity index (χ3v) is 4.77. The zero-order valence-electron chi connectivity index (χ0n) is 11.1. The molecule has 3 aromatic heterocycles. The molecule has 0 aromatic carbocycles. The van der Waals surface area contributed by atoms with Crippen LogP contribution in [0.15, 0.2) is 24.0 Å². The van der Waals surface area contributed by atoms with Crippen molar-refractivity contribution in [3.05, 3.63) is 29.7 Å². The Morgan fingerprint density at radius 3 is 2.75 bits per heavy atom. The van der Waals surface area contributed by atoms with Gasteiger partial charge in [0.25, 0.3) is 0 Å². The summed E-state index contributed by atoms with van der Waals surface area (Å²) in [5.41, 5.74) is 2.84. The molecule has 0 amide bonds. The number of hydrogen-bond donors (Lipinski definition) is 1. The van der Waals surface area contributed by atoms with E-state index in [4.69, 9.17) is 0 Å². The molecular formula is C13H13N5S2. The molecule has 7 heteroatoms. The first-order valence-corrected chi connectivity index (χ1v) is 7.91. The Hall–Kier alpha value is -1.86. The van der Waals surface area contributed by atoms with E-state index in [1.165, 1.54) is 0 Å². The fourth-order valence-electron chi connectivity index (χ4n) is 1.80. The van der Waals surface area contributed by atoms with Crippen molar-refractivity contribution in [1.82, 2.24) is 19.9 Å². The minimum absolute atomic E-state index is 0.808. The van der Waals surface area contributed by atoms with E-state index >= 15 is 0 Å². The van der Waals surface area contributed by atoms with E-state index in [0.717, 1.165) is 38.5 Å². The fraction of sp³-hybridized carbons (Fsp3) is 0.231. The maximum atomic E-state index is 4.67. The van der Waals surface area contributed by atoms with Gasteiger partial charge in [-0.15, -0.1) is 22.7 Å². The van der Waals surface area contributed by atoms with Gasteiger partial charge in [0.1, 0.15) is 10.7 Å². The molecule has 0 radical (unpaired) electrons. The van der Waals surface area contributed by atoms with Crippen LogP contribution in [0.4, 0.5) is 5.13 Å². The van der Waals surface area contributed by atoms with Crippen molar-refractivity contribution in [3.63, 3.8) is 0 Å². The first-order chi connectivity index (χ1) is 9.81. The molecule has 3 heterocycles. The smallest absolute Gasteiger partial charge is 0.182 e. The third-order valence-electron chi connectivity index (χ3n) is 2.77. The van der Waals surface area contributed by atoms with E-state index in [1.807, 2.05) is 7.05 Å². The highest BCUT2D eigenvalue weighted by Gasteiger charge is 2.16. The lowest BCUT2D eigenvalue weighted by atomic mass is 10.2. The Labute approximate surface area is 124 Å². The number of aryl methyl sites for hydroxylation is 1. The van der Waals surface area contributed by atoms with Gasteiger partial charge in [-0.3, -0.25) is 9.97 Å². The number of nitrogens with one attached hydrogen (secondary N) is 1. The first-order valence-electron chi connectivity index (χ1n) is 6.21. The van der Waals surface area contributed by atoms with Crippen LogP contribution in [0.1, 0.15) is 12.6 Å². The van der Waals surface area contributed by atoms with Crippen molar-refractivity contribution in [3.8, 4) is 21.3 Å². The minimum Gasteiger partial charge on any atom is -0.365 e. The molecule has 102 valence electrons. The van der Waals surface area contributed by atoms with Crippen LogP contribution in [0.2, 0.25) is 0 Å². The van der Waals surface area contributed by atoms with E-state index in [-0.39, 0.29) is 0 Å². The normalized spacial score (nSPS) is 10.7. The second kappa shape index (κ2) is 5.64. The zero-order chi connectivity index (χ0) is 13.9. The Bertz CT molecular complexity index is 705. The number of thiazole rings is 2. The molecule has 1 N–H and O–H groups in total. The molecule has 0 aliphatic rings. The standard InChI is InChI=1S/C13H13N5S2/c1-3-8-11(10-7-19-13(14-2)18-10)20-12(17-8)9-6-15-4-5-16-9/h4-7H,3H2,1-2H3,(H,14,18).